The van der Waals surface area contributed by atoms with E-state index in [1.165, 1.54) is 0 Å². The molecule has 2 aliphatic heterocycles. The number of ether oxygens (including phenoxy) is 1. The molecule has 0 radical (unpaired) electrons. The van der Waals surface area contributed by atoms with Crippen LogP contribution < -0.4 is 10.5 Å². The number of rotatable bonds is 1. The number of fused-ring (bicyclic) bond motifs is 1. The molecule has 3 nitrogen and oxygen atoms in total. The van der Waals surface area contributed by atoms with Crippen LogP contribution in [-0.4, -0.2) is 30.6 Å². The molecule has 1 saturated heterocycles. The molecule has 0 spiro atoms. The highest BCUT2D eigenvalue weighted by Gasteiger charge is 2.37. The Kier molecular flexibility index (Phi) is 3.04. The van der Waals surface area contributed by atoms with E-state index in [1.54, 1.807) is 0 Å². The molecule has 18 heavy (non-hydrogen) atoms. The maximum absolute atomic E-state index is 6.44. The van der Waals surface area contributed by atoms with Crippen LogP contribution >= 0.6 is 0 Å². The van der Waals surface area contributed by atoms with E-state index in [0.29, 0.717) is 6.04 Å². The molecule has 2 N–H and O–H groups in total. The third-order valence-electron chi connectivity index (χ3n) is 4.59. The standard InChI is InChI=1S/C15H22N2O/c1-10-7-17(8-11(10)2)13-9-18-14-6-4-3-5-12(14)15(13)16/h3-6,10-11,13,15H,7-9,16H2,1-2H3. The molecule has 4 atom stereocenters. The third kappa shape index (κ3) is 1.91. The topological polar surface area (TPSA) is 38.5 Å². The summed E-state index contributed by atoms with van der Waals surface area (Å²) in [6.07, 6.45) is 0. The third-order valence-corrected chi connectivity index (χ3v) is 4.59. The predicted octanol–water partition coefficient (Wildman–Crippen LogP) is 2.04. The molecule has 1 aromatic rings. The van der Waals surface area contributed by atoms with Gasteiger partial charge in [-0.25, -0.2) is 0 Å². The highest BCUT2D eigenvalue weighted by molar-refractivity contribution is 5.38. The van der Waals surface area contributed by atoms with E-state index in [1.807, 2.05) is 18.2 Å². The van der Waals surface area contributed by atoms with Gasteiger partial charge in [-0.3, -0.25) is 4.90 Å². The summed E-state index contributed by atoms with van der Waals surface area (Å²) in [5.41, 5.74) is 7.59. The van der Waals surface area contributed by atoms with Crippen LogP contribution in [0.15, 0.2) is 24.3 Å². The molecule has 0 aliphatic carbocycles. The van der Waals surface area contributed by atoms with Gasteiger partial charge in [-0.2, -0.15) is 0 Å². The average molecular weight is 246 g/mol. The monoisotopic (exact) mass is 246 g/mol. The first-order valence-electron chi connectivity index (χ1n) is 6.88. The normalized spacial score (nSPS) is 36.2. The van der Waals surface area contributed by atoms with Crippen LogP contribution in [0, 0.1) is 11.8 Å². The lowest BCUT2D eigenvalue weighted by molar-refractivity contribution is 0.114. The molecule has 3 rings (SSSR count). The van der Waals surface area contributed by atoms with E-state index in [-0.39, 0.29) is 6.04 Å². The van der Waals surface area contributed by atoms with Gasteiger partial charge in [-0.05, 0) is 17.9 Å². The second-order valence-corrected chi connectivity index (χ2v) is 5.85. The second-order valence-electron chi connectivity index (χ2n) is 5.85. The highest BCUT2D eigenvalue weighted by Crippen LogP contribution is 2.35. The van der Waals surface area contributed by atoms with Gasteiger partial charge in [0.2, 0.25) is 0 Å². The number of hydrogen-bond acceptors (Lipinski definition) is 3. The number of nitrogens with two attached hydrogens (primary N) is 1. The fourth-order valence-corrected chi connectivity index (χ4v) is 3.15. The van der Waals surface area contributed by atoms with Crippen molar-refractivity contribution in [2.75, 3.05) is 19.7 Å². The lowest BCUT2D eigenvalue weighted by Gasteiger charge is -2.37. The molecule has 98 valence electrons. The van der Waals surface area contributed by atoms with Gasteiger partial charge in [-0.1, -0.05) is 32.0 Å². The van der Waals surface area contributed by atoms with Crippen LogP contribution in [-0.2, 0) is 0 Å². The van der Waals surface area contributed by atoms with E-state index in [2.05, 4.69) is 24.8 Å². The molecule has 0 aromatic heterocycles. The summed E-state index contributed by atoms with van der Waals surface area (Å²) < 4.78 is 5.87. The molecule has 0 saturated carbocycles. The maximum atomic E-state index is 6.44. The largest absolute Gasteiger partial charge is 0.492 e. The van der Waals surface area contributed by atoms with Crippen molar-refractivity contribution in [2.45, 2.75) is 25.9 Å². The zero-order chi connectivity index (χ0) is 12.7. The summed E-state index contributed by atoms with van der Waals surface area (Å²) in [5.74, 6) is 2.48. The Hall–Kier alpha value is -1.06. The van der Waals surface area contributed by atoms with E-state index < -0.39 is 0 Å². The lowest BCUT2D eigenvalue weighted by Crippen LogP contribution is -2.47. The summed E-state index contributed by atoms with van der Waals surface area (Å²) in [6, 6.07) is 8.56. The molecule has 0 amide bonds. The first-order chi connectivity index (χ1) is 8.66. The zero-order valence-electron chi connectivity index (χ0n) is 11.2. The Balaban J connectivity index is 1.81. The maximum Gasteiger partial charge on any atom is 0.124 e. The van der Waals surface area contributed by atoms with Crippen LogP contribution in [0.4, 0.5) is 0 Å². The van der Waals surface area contributed by atoms with Crippen molar-refractivity contribution in [1.29, 1.82) is 0 Å². The number of nitrogens with zero attached hydrogens (tertiary/aromatic N) is 1. The number of likely N-dealkylation sites (tertiary alicyclic amines) is 1. The van der Waals surface area contributed by atoms with E-state index in [9.17, 15) is 0 Å². The van der Waals surface area contributed by atoms with Crippen molar-refractivity contribution in [3.05, 3.63) is 29.8 Å². The highest BCUT2D eigenvalue weighted by atomic mass is 16.5. The minimum atomic E-state index is 0.0763. The van der Waals surface area contributed by atoms with Gasteiger partial charge in [0.1, 0.15) is 12.4 Å². The number of benzene rings is 1. The Morgan fingerprint density at radius 1 is 1.17 bits per heavy atom. The van der Waals surface area contributed by atoms with Gasteiger partial charge in [0.05, 0.1) is 12.1 Å². The lowest BCUT2D eigenvalue weighted by atomic mass is 9.96. The van der Waals surface area contributed by atoms with Crippen LogP contribution in [0.3, 0.4) is 0 Å². The van der Waals surface area contributed by atoms with Crippen LogP contribution in [0.2, 0.25) is 0 Å². The van der Waals surface area contributed by atoms with Gasteiger partial charge >= 0.3 is 0 Å². The van der Waals surface area contributed by atoms with Crippen molar-refractivity contribution in [3.63, 3.8) is 0 Å². The second kappa shape index (κ2) is 4.56. The summed E-state index contributed by atoms with van der Waals surface area (Å²) in [6.45, 7) is 7.66. The molecule has 1 fully saturated rings. The van der Waals surface area contributed by atoms with Gasteiger partial charge < -0.3 is 10.5 Å². The Bertz CT molecular complexity index is 424. The molecule has 4 unspecified atom stereocenters. The first-order valence-corrected chi connectivity index (χ1v) is 6.88. The average Bonchev–Trinajstić information content (AvgIpc) is 2.70. The molecular weight excluding hydrogens is 224 g/mol. The quantitative estimate of drug-likeness (QED) is 0.824. The van der Waals surface area contributed by atoms with Gasteiger partial charge in [0, 0.05) is 18.7 Å². The van der Waals surface area contributed by atoms with Crippen molar-refractivity contribution >= 4 is 0 Å². The smallest absolute Gasteiger partial charge is 0.124 e. The van der Waals surface area contributed by atoms with E-state index in [4.69, 9.17) is 10.5 Å². The van der Waals surface area contributed by atoms with Crippen molar-refractivity contribution < 1.29 is 4.74 Å². The fourth-order valence-electron chi connectivity index (χ4n) is 3.15. The number of para-hydroxylation sites is 1. The summed E-state index contributed by atoms with van der Waals surface area (Å²) in [4.78, 5) is 2.51. The SMILES string of the molecule is CC1CN(C2COc3ccccc3C2N)CC1C. The van der Waals surface area contributed by atoms with Crippen molar-refractivity contribution in [2.24, 2.45) is 17.6 Å². The molecule has 0 bridgehead atoms. The minimum Gasteiger partial charge on any atom is -0.492 e. The van der Waals surface area contributed by atoms with Crippen LogP contribution in [0.1, 0.15) is 25.5 Å². The molecule has 2 heterocycles. The first kappa shape index (κ1) is 12.0. The van der Waals surface area contributed by atoms with Crippen LogP contribution in [0.5, 0.6) is 5.75 Å². The van der Waals surface area contributed by atoms with Crippen molar-refractivity contribution in [3.8, 4) is 5.75 Å². The van der Waals surface area contributed by atoms with Gasteiger partial charge in [0.25, 0.3) is 0 Å². The van der Waals surface area contributed by atoms with E-state index in [0.717, 1.165) is 42.8 Å². The minimum absolute atomic E-state index is 0.0763. The molecular formula is C15H22N2O. The van der Waals surface area contributed by atoms with Gasteiger partial charge in [0.15, 0.2) is 0 Å². The molecule has 1 aromatic carbocycles. The van der Waals surface area contributed by atoms with Crippen LogP contribution in [0.25, 0.3) is 0 Å². The predicted molar refractivity (Wildman–Crippen MR) is 72.6 cm³/mol. The van der Waals surface area contributed by atoms with Gasteiger partial charge in [-0.15, -0.1) is 0 Å². The zero-order valence-corrected chi connectivity index (χ0v) is 11.2. The summed E-state index contributed by atoms with van der Waals surface area (Å²) in [7, 11) is 0. The Labute approximate surface area is 109 Å². The Morgan fingerprint density at radius 3 is 2.56 bits per heavy atom. The Morgan fingerprint density at radius 2 is 1.83 bits per heavy atom. The molecule has 2 aliphatic rings. The summed E-state index contributed by atoms with van der Waals surface area (Å²) >= 11 is 0. The summed E-state index contributed by atoms with van der Waals surface area (Å²) in [5, 5.41) is 0. The molecule has 3 heteroatoms. The fraction of sp³-hybridized carbons (Fsp3) is 0.600. The van der Waals surface area contributed by atoms with E-state index >= 15 is 0 Å². The van der Waals surface area contributed by atoms with Crippen molar-refractivity contribution in [1.82, 2.24) is 4.90 Å². The number of hydrogen-bond donors (Lipinski definition) is 1.